The SMILES string of the molecule is CCN(Cc1cccc(N)c1)c1nc(C)cc(C#N)n1. The molecule has 0 aliphatic heterocycles. The second kappa shape index (κ2) is 6.02. The lowest BCUT2D eigenvalue weighted by molar-refractivity contribution is 0.786. The molecule has 0 bridgehead atoms. The van der Waals surface area contributed by atoms with Crippen LogP contribution < -0.4 is 10.6 Å². The zero-order valence-corrected chi connectivity index (χ0v) is 11.7. The van der Waals surface area contributed by atoms with Crippen LogP contribution in [0.3, 0.4) is 0 Å². The second-order valence-corrected chi connectivity index (χ2v) is 4.57. The first-order valence-corrected chi connectivity index (χ1v) is 6.47. The summed E-state index contributed by atoms with van der Waals surface area (Å²) in [5, 5.41) is 8.99. The Morgan fingerprint density at radius 3 is 2.75 bits per heavy atom. The van der Waals surface area contributed by atoms with Crippen LogP contribution >= 0.6 is 0 Å². The van der Waals surface area contributed by atoms with Gasteiger partial charge in [-0.05, 0) is 37.6 Å². The average Bonchev–Trinajstić information content (AvgIpc) is 2.44. The van der Waals surface area contributed by atoms with Crippen molar-refractivity contribution in [1.29, 1.82) is 5.26 Å². The summed E-state index contributed by atoms with van der Waals surface area (Å²) in [6, 6.07) is 11.5. The lowest BCUT2D eigenvalue weighted by Gasteiger charge is -2.21. The maximum absolute atomic E-state index is 8.99. The molecule has 0 radical (unpaired) electrons. The minimum Gasteiger partial charge on any atom is -0.399 e. The number of rotatable bonds is 4. The summed E-state index contributed by atoms with van der Waals surface area (Å²) < 4.78 is 0. The van der Waals surface area contributed by atoms with Crippen LogP contribution in [0.1, 0.15) is 23.9 Å². The first kappa shape index (κ1) is 13.8. The van der Waals surface area contributed by atoms with Crippen molar-refractivity contribution in [2.45, 2.75) is 20.4 Å². The van der Waals surface area contributed by atoms with Gasteiger partial charge in [-0.25, -0.2) is 9.97 Å². The van der Waals surface area contributed by atoms with Crippen molar-refractivity contribution in [1.82, 2.24) is 9.97 Å². The summed E-state index contributed by atoms with van der Waals surface area (Å²) in [6.07, 6.45) is 0. The normalized spacial score (nSPS) is 10.1. The predicted octanol–water partition coefficient (Wildman–Crippen LogP) is 2.27. The van der Waals surface area contributed by atoms with E-state index >= 15 is 0 Å². The largest absolute Gasteiger partial charge is 0.399 e. The highest BCUT2D eigenvalue weighted by Crippen LogP contribution is 2.15. The van der Waals surface area contributed by atoms with Crippen LogP contribution in [0.2, 0.25) is 0 Å². The number of nitrogens with two attached hydrogens (primary N) is 1. The van der Waals surface area contributed by atoms with E-state index in [9.17, 15) is 0 Å². The molecular formula is C15H17N5. The van der Waals surface area contributed by atoms with Gasteiger partial charge in [0.05, 0.1) is 0 Å². The number of aryl methyl sites for hydroxylation is 1. The molecule has 0 amide bonds. The third-order valence-electron chi connectivity index (χ3n) is 2.95. The molecule has 0 spiro atoms. The number of benzene rings is 1. The van der Waals surface area contributed by atoms with E-state index in [0.29, 0.717) is 18.2 Å². The van der Waals surface area contributed by atoms with Gasteiger partial charge < -0.3 is 10.6 Å². The lowest BCUT2D eigenvalue weighted by atomic mass is 10.2. The van der Waals surface area contributed by atoms with Crippen LogP contribution in [-0.4, -0.2) is 16.5 Å². The van der Waals surface area contributed by atoms with Crippen molar-refractivity contribution in [3.05, 3.63) is 47.3 Å². The maximum Gasteiger partial charge on any atom is 0.227 e. The molecule has 5 nitrogen and oxygen atoms in total. The monoisotopic (exact) mass is 267 g/mol. The fourth-order valence-electron chi connectivity index (χ4n) is 1.99. The third kappa shape index (κ3) is 3.23. The van der Waals surface area contributed by atoms with Gasteiger partial charge in [0.25, 0.3) is 0 Å². The Hall–Kier alpha value is -2.61. The zero-order valence-electron chi connectivity index (χ0n) is 11.7. The molecule has 0 aliphatic rings. The van der Waals surface area contributed by atoms with Gasteiger partial charge >= 0.3 is 0 Å². The van der Waals surface area contributed by atoms with Crippen molar-refractivity contribution >= 4 is 11.6 Å². The molecular weight excluding hydrogens is 250 g/mol. The molecule has 0 fully saturated rings. The molecule has 2 rings (SSSR count). The van der Waals surface area contributed by atoms with Crippen LogP contribution in [0, 0.1) is 18.3 Å². The van der Waals surface area contributed by atoms with E-state index in [-0.39, 0.29) is 0 Å². The predicted molar refractivity (Wildman–Crippen MR) is 79.1 cm³/mol. The Balaban J connectivity index is 2.29. The molecule has 1 heterocycles. The minimum absolute atomic E-state index is 0.388. The van der Waals surface area contributed by atoms with E-state index in [2.05, 4.69) is 16.0 Å². The summed E-state index contributed by atoms with van der Waals surface area (Å²) in [4.78, 5) is 10.7. The quantitative estimate of drug-likeness (QED) is 0.860. The molecule has 2 N–H and O–H groups in total. The first-order valence-electron chi connectivity index (χ1n) is 6.47. The number of nitriles is 1. The molecule has 0 atom stereocenters. The third-order valence-corrected chi connectivity index (χ3v) is 2.95. The van der Waals surface area contributed by atoms with E-state index < -0.39 is 0 Å². The van der Waals surface area contributed by atoms with Gasteiger partial charge in [0.15, 0.2) is 0 Å². The summed E-state index contributed by atoms with van der Waals surface area (Å²) >= 11 is 0. The molecule has 1 aromatic carbocycles. The fourth-order valence-corrected chi connectivity index (χ4v) is 1.99. The van der Waals surface area contributed by atoms with E-state index in [1.165, 1.54) is 0 Å². The number of anilines is 2. The van der Waals surface area contributed by atoms with Crippen molar-refractivity contribution in [3.8, 4) is 6.07 Å². The highest BCUT2D eigenvalue weighted by Gasteiger charge is 2.10. The van der Waals surface area contributed by atoms with Crippen LogP contribution in [0.25, 0.3) is 0 Å². The Morgan fingerprint density at radius 1 is 1.30 bits per heavy atom. The summed E-state index contributed by atoms with van der Waals surface area (Å²) in [7, 11) is 0. The fraction of sp³-hybridized carbons (Fsp3) is 0.267. The van der Waals surface area contributed by atoms with Crippen LogP contribution in [-0.2, 0) is 6.54 Å². The number of hydrogen-bond acceptors (Lipinski definition) is 5. The van der Waals surface area contributed by atoms with E-state index in [1.807, 2.05) is 43.0 Å². The lowest BCUT2D eigenvalue weighted by Crippen LogP contribution is -2.24. The Labute approximate surface area is 118 Å². The average molecular weight is 267 g/mol. The smallest absolute Gasteiger partial charge is 0.227 e. The van der Waals surface area contributed by atoms with E-state index in [0.717, 1.165) is 23.5 Å². The standard InChI is InChI=1S/C15H17N5/c1-3-20(10-12-5-4-6-13(17)8-12)15-18-11(2)7-14(9-16)19-15/h4-8H,3,10,17H2,1-2H3. The summed E-state index contributed by atoms with van der Waals surface area (Å²) in [5.74, 6) is 0.575. The molecule has 0 saturated heterocycles. The molecule has 1 aromatic heterocycles. The number of nitrogen functional groups attached to an aromatic ring is 1. The summed E-state index contributed by atoms with van der Waals surface area (Å²) in [6.45, 7) is 5.31. The van der Waals surface area contributed by atoms with Gasteiger partial charge in [0.1, 0.15) is 11.8 Å². The Morgan fingerprint density at radius 2 is 2.10 bits per heavy atom. The van der Waals surface area contributed by atoms with Gasteiger partial charge in [-0.15, -0.1) is 0 Å². The van der Waals surface area contributed by atoms with Crippen molar-refractivity contribution in [2.24, 2.45) is 0 Å². The van der Waals surface area contributed by atoms with Gasteiger partial charge in [-0.3, -0.25) is 0 Å². The van der Waals surface area contributed by atoms with E-state index in [4.69, 9.17) is 11.0 Å². The number of aromatic nitrogens is 2. The first-order chi connectivity index (χ1) is 9.62. The minimum atomic E-state index is 0.388. The Bertz CT molecular complexity index is 645. The number of nitrogens with zero attached hydrogens (tertiary/aromatic N) is 4. The van der Waals surface area contributed by atoms with Gasteiger partial charge in [0, 0.05) is 24.5 Å². The van der Waals surface area contributed by atoms with Gasteiger partial charge in [-0.2, -0.15) is 5.26 Å². The molecule has 5 heteroatoms. The van der Waals surface area contributed by atoms with Gasteiger partial charge in [0.2, 0.25) is 5.95 Å². The highest BCUT2D eigenvalue weighted by atomic mass is 15.2. The molecule has 0 aliphatic carbocycles. The number of hydrogen-bond donors (Lipinski definition) is 1. The molecule has 20 heavy (non-hydrogen) atoms. The second-order valence-electron chi connectivity index (χ2n) is 4.57. The van der Waals surface area contributed by atoms with E-state index in [1.54, 1.807) is 6.07 Å². The molecule has 2 aromatic rings. The summed E-state index contributed by atoms with van der Waals surface area (Å²) in [5.41, 5.74) is 8.80. The van der Waals surface area contributed by atoms with Crippen LogP contribution in [0.5, 0.6) is 0 Å². The zero-order chi connectivity index (χ0) is 14.5. The molecule has 102 valence electrons. The van der Waals surface area contributed by atoms with Crippen molar-refractivity contribution < 1.29 is 0 Å². The highest BCUT2D eigenvalue weighted by molar-refractivity contribution is 5.43. The molecule has 0 saturated carbocycles. The topological polar surface area (TPSA) is 78.8 Å². The van der Waals surface area contributed by atoms with Crippen molar-refractivity contribution in [3.63, 3.8) is 0 Å². The van der Waals surface area contributed by atoms with Crippen molar-refractivity contribution in [2.75, 3.05) is 17.2 Å². The van der Waals surface area contributed by atoms with Crippen LogP contribution in [0.4, 0.5) is 11.6 Å². The maximum atomic E-state index is 8.99. The molecule has 0 unspecified atom stereocenters. The van der Waals surface area contributed by atoms with Crippen LogP contribution in [0.15, 0.2) is 30.3 Å². The van der Waals surface area contributed by atoms with Gasteiger partial charge in [-0.1, -0.05) is 12.1 Å². The Kier molecular flexibility index (Phi) is 4.16.